The van der Waals surface area contributed by atoms with Crippen LogP contribution in [0.1, 0.15) is 12.5 Å². The van der Waals surface area contributed by atoms with Crippen molar-refractivity contribution in [2.24, 2.45) is 0 Å². The van der Waals surface area contributed by atoms with Gasteiger partial charge in [-0.25, -0.2) is 0 Å². The van der Waals surface area contributed by atoms with Crippen LogP contribution < -0.4 is 10.2 Å². The molecule has 118 valence electrons. The van der Waals surface area contributed by atoms with Crippen molar-refractivity contribution >= 4 is 21.6 Å². The van der Waals surface area contributed by atoms with E-state index >= 15 is 0 Å². The first-order valence-electron chi connectivity index (χ1n) is 7.55. The maximum Gasteiger partial charge on any atom is 0.0587 e. The molecule has 1 aliphatic rings. The van der Waals surface area contributed by atoms with Crippen molar-refractivity contribution in [3.05, 3.63) is 28.2 Å². The second kappa shape index (κ2) is 8.13. The van der Waals surface area contributed by atoms with Gasteiger partial charge in [0.1, 0.15) is 0 Å². The number of benzene rings is 1. The first-order chi connectivity index (χ1) is 10.1. The number of hydrogen-bond acceptors (Lipinski definition) is 4. The van der Waals surface area contributed by atoms with Crippen LogP contribution in [-0.2, 0) is 11.3 Å². The van der Waals surface area contributed by atoms with Crippen LogP contribution in [-0.4, -0.2) is 57.9 Å². The van der Waals surface area contributed by atoms with E-state index in [1.807, 2.05) is 0 Å². The van der Waals surface area contributed by atoms with Gasteiger partial charge in [-0.05, 0) is 31.7 Å². The predicted molar refractivity (Wildman–Crippen MR) is 92.0 cm³/mol. The first-order valence-corrected chi connectivity index (χ1v) is 8.34. The van der Waals surface area contributed by atoms with E-state index in [0.717, 1.165) is 43.8 Å². The fourth-order valence-electron chi connectivity index (χ4n) is 2.65. The summed E-state index contributed by atoms with van der Waals surface area (Å²) in [5.74, 6) is 0. The Bertz CT molecular complexity index is 455. The number of piperazine rings is 1. The number of hydrogen-bond donors (Lipinski definition) is 1. The molecule has 1 heterocycles. The molecule has 0 spiro atoms. The molecule has 0 radical (unpaired) electrons. The average Bonchev–Trinajstić information content (AvgIpc) is 2.48. The second-order valence-electron chi connectivity index (χ2n) is 5.72. The van der Waals surface area contributed by atoms with Crippen molar-refractivity contribution in [1.29, 1.82) is 0 Å². The van der Waals surface area contributed by atoms with Crippen molar-refractivity contribution in [2.75, 3.05) is 51.8 Å². The van der Waals surface area contributed by atoms with Gasteiger partial charge in [0, 0.05) is 56.0 Å². The predicted octanol–water partition coefficient (Wildman–Crippen LogP) is 2.33. The lowest BCUT2D eigenvalue weighted by molar-refractivity contribution is 0.199. The Hall–Kier alpha value is -0.620. The summed E-state index contributed by atoms with van der Waals surface area (Å²) >= 11 is 3.61. The number of methoxy groups -OCH3 is 1. The highest BCUT2D eigenvalue weighted by molar-refractivity contribution is 9.10. The van der Waals surface area contributed by atoms with E-state index in [4.69, 9.17) is 4.74 Å². The number of halogens is 1. The maximum absolute atomic E-state index is 5.09. The van der Waals surface area contributed by atoms with E-state index in [2.05, 4.69) is 63.2 Å². The SMILES string of the molecule is COCCNCc1ccc(Br)cc1N1CCN(C)C(C)C1. The number of nitrogens with one attached hydrogen (secondary N) is 1. The molecule has 1 atom stereocenters. The summed E-state index contributed by atoms with van der Waals surface area (Å²) in [4.78, 5) is 4.92. The fraction of sp³-hybridized carbons (Fsp3) is 0.625. The quantitative estimate of drug-likeness (QED) is 0.792. The normalized spacial score (nSPS) is 20.0. The lowest BCUT2D eigenvalue weighted by Crippen LogP contribution is -2.50. The van der Waals surface area contributed by atoms with Crippen LogP contribution in [0.2, 0.25) is 0 Å². The van der Waals surface area contributed by atoms with Crippen LogP contribution in [0.3, 0.4) is 0 Å². The van der Waals surface area contributed by atoms with Gasteiger partial charge in [0.2, 0.25) is 0 Å². The Morgan fingerprint density at radius 1 is 1.38 bits per heavy atom. The summed E-state index contributed by atoms with van der Waals surface area (Å²) in [6, 6.07) is 7.16. The molecule has 1 N–H and O–H groups in total. The molecular weight excluding hydrogens is 330 g/mol. The number of nitrogens with zero attached hydrogens (tertiary/aromatic N) is 2. The molecule has 1 unspecified atom stereocenters. The highest BCUT2D eigenvalue weighted by Gasteiger charge is 2.22. The van der Waals surface area contributed by atoms with Crippen molar-refractivity contribution < 1.29 is 4.74 Å². The number of likely N-dealkylation sites (N-methyl/N-ethyl adjacent to an activating group) is 1. The molecule has 1 saturated heterocycles. The van der Waals surface area contributed by atoms with Crippen LogP contribution in [0.5, 0.6) is 0 Å². The minimum absolute atomic E-state index is 0.590. The summed E-state index contributed by atoms with van der Waals surface area (Å²) in [6.07, 6.45) is 0. The Labute approximate surface area is 136 Å². The summed E-state index contributed by atoms with van der Waals surface area (Å²) in [5.41, 5.74) is 2.69. The standard InChI is InChI=1S/C16H26BrN3O/c1-13-12-20(8-7-19(13)2)16-10-15(17)5-4-14(16)11-18-6-9-21-3/h4-5,10,13,18H,6-9,11-12H2,1-3H3. The molecular formula is C16H26BrN3O. The Kier molecular flexibility index (Phi) is 6.48. The smallest absolute Gasteiger partial charge is 0.0587 e. The van der Waals surface area contributed by atoms with E-state index < -0.39 is 0 Å². The Morgan fingerprint density at radius 3 is 2.90 bits per heavy atom. The van der Waals surface area contributed by atoms with Gasteiger partial charge in [-0.1, -0.05) is 22.0 Å². The van der Waals surface area contributed by atoms with Gasteiger partial charge in [-0.3, -0.25) is 0 Å². The van der Waals surface area contributed by atoms with E-state index in [-0.39, 0.29) is 0 Å². The number of anilines is 1. The molecule has 0 aromatic heterocycles. The number of ether oxygens (including phenoxy) is 1. The molecule has 1 aliphatic heterocycles. The van der Waals surface area contributed by atoms with Crippen LogP contribution in [0.15, 0.2) is 22.7 Å². The third kappa shape index (κ3) is 4.68. The summed E-state index contributed by atoms with van der Waals surface area (Å²) in [5, 5.41) is 3.44. The van der Waals surface area contributed by atoms with Crippen molar-refractivity contribution in [3.63, 3.8) is 0 Å². The van der Waals surface area contributed by atoms with E-state index in [1.165, 1.54) is 11.3 Å². The summed E-state index contributed by atoms with van der Waals surface area (Å²) in [7, 11) is 3.94. The van der Waals surface area contributed by atoms with Gasteiger partial charge < -0.3 is 19.9 Å². The lowest BCUT2D eigenvalue weighted by atomic mass is 10.1. The average molecular weight is 356 g/mol. The zero-order valence-corrected chi connectivity index (χ0v) is 14.8. The molecule has 21 heavy (non-hydrogen) atoms. The van der Waals surface area contributed by atoms with E-state index in [1.54, 1.807) is 7.11 Å². The van der Waals surface area contributed by atoms with Gasteiger partial charge in [-0.15, -0.1) is 0 Å². The van der Waals surface area contributed by atoms with Gasteiger partial charge in [0.25, 0.3) is 0 Å². The highest BCUT2D eigenvalue weighted by Crippen LogP contribution is 2.27. The number of rotatable bonds is 6. The zero-order valence-electron chi connectivity index (χ0n) is 13.2. The van der Waals surface area contributed by atoms with Crippen molar-refractivity contribution in [1.82, 2.24) is 10.2 Å². The largest absolute Gasteiger partial charge is 0.383 e. The molecule has 0 saturated carbocycles. The monoisotopic (exact) mass is 355 g/mol. The minimum atomic E-state index is 0.590. The maximum atomic E-state index is 5.09. The zero-order chi connectivity index (χ0) is 15.2. The summed E-state index contributed by atoms with van der Waals surface area (Å²) in [6.45, 7) is 8.08. The van der Waals surface area contributed by atoms with Gasteiger partial charge in [-0.2, -0.15) is 0 Å². The highest BCUT2D eigenvalue weighted by atomic mass is 79.9. The Morgan fingerprint density at radius 2 is 2.19 bits per heavy atom. The molecule has 5 heteroatoms. The molecule has 1 aromatic carbocycles. The van der Waals surface area contributed by atoms with Crippen molar-refractivity contribution in [2.45, 2.75) is 19.5 Å². The molecule has 4 nitrogen and oxygen atoms in total. The summed E-state index contributed by atoms with van der Waals surface area (Å²) < 4.78 is 6.23. The second-order valence-corrected chi connectivity index (χ2v) is 6.63. The van der Waals surface area contributed by atoms with Crippen LogP contribution in [0.4, 0.5) is 5.69 Å². The molecule has 1 aromatic rings. The molecule has 0 bridgehead atoms. The van der Waals surface area contributed by atoms with Crippen molar-refractivity contribution in [3.8, 4) is 0 Å². The minimum Gasteiger partial charge on any atom is -0.383 e. The Balaban J connectivity index is 2.07. The molecule has 2 rings (SSSR count). The third-order valence-corrected chi connectivity index (χ3v) is 4.64. The van der Waals surface area contributed by atoms with E-state index in [9.17, 15) is 0 Å². The van der Waals surface area contributed by atoms with Crippen LogP contribution in [0, 0.1) is 0 Å². The lowest BCUT2D eigenvalue weighted by Gasteiger charge is -2.40. The van der Waals surface area contributed by atoms with Gasteiger partial charge in [0.15, 0.2) is 0 Å². The fourth-order valence-corrected chi connectivity index (χ4v) is 2.99. The van der Waals surface area contributed by atoms with Gasteiger partial charge >= 0.3 is 0 Å². The first kappa shape index (κ1) is 16.7. The molecule has 1 fully saturated rings. The van der Waals surface area contributed by atoms with Crippen LogP contribution >= 0.6 is 15.9 Å². The molecule has 0 amide bonds. The van der Waals surface area contributed by atoms with E-state index in [0.29, 0.717) is 6.04 Å². The van der Waals surface area contributed by atoms with Gasteiger partial charge in [0.05, 0.1) is 6.61 Å². The molecule has 0 aliphatic carbocycles. The third-order valence-electron chi connectivity index (χ3n) is 4.15. The topological polar surface area (TPSA) is 27.7 Å². The van der Waals surface area contributed by atoms with Crippen LogP contribution in [0.25, 0.3) is 0 Å².